The van der Waals surface area contributed by atoms with Gasteiger partial charge in [0.2, 0.25) is 0 Å². The van der Waals surface area contributed by atoms with Crippen molar-refractivity contribution in [2.75, 3.05) is 19.1 Å². The molecule has 38 heavy (non-hydrogen) atoms. The molecular weight excluding hydrogens is 502 g/mol. The quantitative estimate of drug-likeness (QED) is 0.188. The van der Waals surface area contributed by atoms with Crippen LogP contribution in [0.3, 0.4) is 0 Å². The molecule has 1 fully saturated rings. The zero-order chi connectivity index (χ0) is 27.0. The van der Waals surface area contributed by atoms with Gasteiger partial charge in [0.05, 0.1) is 48.7 Å². The summed E-state index contributed by atoms with van der Waals surface area (Å²) in [6, 6.07) is 19.9. The molecule has 2 aromatic heterocycles. The second-order valence-electron chi connectivity index (χ2n) is 8.94. The van der Waals surface area contributed by atoms with E-state index in [9.17, 15) is 10.1 Å². The van der Waals surface area contributed by atoms with Gasteiger partial charge in [-0.2, -0.15) is 0 Å². The molecule has 4 aromatic rings. The number of aryl methyl sites for hydroxylation is 1. The number of anilines is 1. The summed E-state index contributed by atoms with van der Waals surface area (Å²) in [6.45, 7) is 3.90. The lowest BCUT2D eigenvalue weighted by Crippen LogP contribution is -2.30. The summed E-state index contributed by atoms with van der Waals surface area (Å²) in [5.41, 5.74) is 4.73. The number of para-hydroxylation sites is 2. The Balaban J connectivity index is 1.72. The molecule has 0 aliphatic carbocycles. The molecule has 0 spiro atoms. The number of benzene rings is 2. The molecule has 194 valence electrons. The monoisotopic (exact) mass is 529 g/mol. The maximum absolute atomic E-state index is 12.0. The maximum Gasteiger partial charge on any atom is 0.296 e. The molecule has 1 aliphatic heterocycles. The minimum absolute atomic E-state index is 0.0411. The normalized spacial score (nSPS) is 16.8. The van der Waals surface area contributed by atoms with Gasteiger partial charge in [-0.05, 0) is 74.1 Å². The smallest absolute Gasteiger partial charge is 0.296 e. The van der Waals surface area contributed by atoms with Crippen molar-refractivity contribution in [3.05, 3.63) is 106 Å². The van der Waals surface area contributed by atoms with Crippen LogP contribution in [0.15, 0.2) is 72.9 Å². The highest BCUT2D eigenvalue weighted by Crippen LogP contribution is 2.46. The van der Waals surface area contributed by atoms with Crippen LogP contribution in [0.5, 0.6) is 11.5 Å². The Morgan fingerprint density at radius 3 is 2.45 bits per heavy atom. The highest BCUT2D eigenvalue weighted by atomic mass is 32.1. The lowest BCUT2D eigenvalue weighted by atomic mass is 9.96. The van der Waals surface area contributed by atoms with Gasteiger partial charge >= 0.3 is 0 Å². The van der Waals surface area contributed by atoms with E-state index in [1.54, 1.807) is 25.4 Å². The van der Waals surface area contributed by atoms with Crippen LogP contribution >= 0.6 is 12.2 Å². The number of thiocarbonyl (C=S) groups is 1. The van der Waals surface area contributed by atoms with Crippen molar-refractivity contribution >= 4 is 28.7 Å². The van der Waals surface area contributed by atoms with Crippen molar-refractivity contribution in [2.45, 2.75) is 25.9 Å². The first kappa shape index (κ1) is 25.2. The van der Waals surface area contributed by atoms with Crippen LogP contribution in [0.2, 0.25) is 0 Å². The number of methoxy groups -OCH3 is 2. The first-order chi connectivity index (χ1) is 18.3. The average molecular weight is 530 g/mol. The molecule has 0 saturated carbocycles. The number of hydrogen-bond donors (Lipinski definition) is 1. The fourth-order valence-electron chi connectivity index (χ4n) is 5.18. The van der Waals surface area contributed by atoms with Gasteiger partial charge in [0.25, 0.3) is 5.69 Å². The first-order valence-electron chi connectivity index (χ1n) is 12.0. The number of pyridine rings is 1. The minimum Gasteiger partial charge on any atom is -0.496 e. The molecule has 9 nitrogen and oxygen atoms in total. The van der Waals surface area contributed by atoms with Crippen LogP contribution in [0.1, 0.15) is 34.7 Å². The zero-order valence-corrected chi connectivity index (χ0v) is 22.2. The van der Waals surface area contributed by atoms with Crippen molar-refractivity contribution in [1.82, 2.24) is 14.9 Å². The molecule has 1 saturated heterocycles. The van der Waals surface area contributed by atoms with Crippen LogP contribution in [0, 0.1) is 24.0 Å². The standard InChI is InChI=1S/C28H27N5O4S/c1-17-15-20(18(2)31(17)22-13-12-19(36-3)16-24(22)33(34)35)27-26(21-9-7-8-14-29-21)30-28(38)32(27)23-10-5-6-11-25(23)37-4/h5-16,26-27H,1-4H3,(H,30,38)/t26-,27+/m1/s1. The third kappa shape index (κ3) is 4.22. The van der Waals surface area contributed by atoms with E-state index >= 15 is 0 Å². The van der Waals surface area contributed by atoms with E-state index in [-0.39, 0.29) is 22.7 Å². The Hall–Kier alpha value is -4.44. The minimum atomic E-state index is -0.388. The van der Waals surface area contributed by atoms with Crippen molar-refractivity contribution in [2.24, 2.45) is 0 Å². The number of hydrogen-bond acceptors (Lipinski definition) is 6. The van der Waals surface area contributed by atoms with Crippen LogP contribution < -0.4 is 19.7 Å². The fourth-order valence-corrected chi connectivity index (χ4v) is 5.52. The largest absolute Gasteiger partial charge is 0.496 e. The molecule has 2 atom stereocenters. The van der Waals surface area contributed by atoms with Gasteiger partial charge in [0.1, 0.15) is 17.2 Å². The summed E-state index contributed by atoms with van der Waals surface area (Å²) < 4.78 is 12.8. The highest BCUT2D eigenvalue weighted by Gasteiger charge is 2.43. The molecule has 0 radical (unpaired) electrons. The summed E-state index contributed by atoms with van der Waals surface area (Å²) in [5.74, 6) is 1.11. The van der Waals surface area contributed by atoms with Gasteiger partial charge in [-0.25, -0.2) is 0 Å². The molecule has 0 amide bonds. The Bertz CT molecular complexity index is 1520. The molecular formula is C28H27N5O4S. The first-order valence-corrected chi connectivity index (χ1v) is 12.4. The highest BCUT2D eigenvalue weighted by molar-refractivity contribution is 7.80. The third-order valence-corrected chi connectivity index (χ3v) is 7.17. The van der Waals surface area contributed by atoms with E-state index in [0.717, 1.165) is 28.3 Å². The molecule has 0 bridgehead atoms. The lowest BCUT2D eigenvalue weighted by Gasteiger charge is -2.29. The molecule has 1 N–H and O–H groups in total. The SMILES string of the molecule is COc1ccc(-n2c(C)cc([C@H]3[C@@H](c4ccccn4)NC(=S)N3c3ccccc3OC)c2C)c([N+](=O)[O-])c1. The Kier molecular flexibility index (Phi) is 6.73. The number of aromatic nitrogens is 2. The summed E-state index contributed by atoms with van der Waals surface area (Å²) in [4.78, 5) is 18.3. The van der Waals surface area contributed by atoms with Crippen molar-refractivity contribution in [3.8, 4) is 17.2 Å². The summed E-state index contributed by atoms with van der Waals surface area (Å²) in [5, 5.41) is 16.0. The number of nitrogens with one attached hydrogen (secondary N) is 1. The predicted molar refractivity (Wildman–Crippen MR) is 149 cm³/mol. The Morgan fingerprint density at radius 1 is 1.00 bits per heavy atom. The lowest BCUT2D eigenvalue weighted by molar-refractivity contribution is -0.384. The van der Waals surface area contributed by atoms with E-state index in [4.69, 9.17) is 21.7 Å². The molecule has 3 heterocycles. The van der Waals surface area contributed by atoms with E-state index in [1.165, 1.54) is 13.2 Å². The van der Waals surface area contributed by atoms with Gasteiger partial charge in [-0.3, -0.25) is 15.1 Å². The number of rotatable bonds is 7. The second kappa shape index (κ2) is 10.1. The number of nitro benzene ring substituents is 1. The second-order valence-corrected chi connectivity index (χ2v) is 9.33. The topological polar surface area (TPSA) is 94.7 Å². The van der Waals surface area contributed by atoms with Crippen LogP contribution in [-0.4, -0.2) is 33.8 Å². The van der Waals surface area contributed by atoms with Crippen molar-refractivity contribution in [3.63, 3.8) is 0 Å². The summed E-state index contributed by atoms with van der Waals surface area (Å²) in [7, 11) is 3.12. The molecule has 10 heteroatoms. The summed E-state index contributed by atoms with van der Waals surface area (Å²) >= 11 is 5.86. The van der Waals surface area contributed by atoms with Gasteiger partial charge in [-0.15, -0.1) is 0 Å². The summed E-state index contributed by atoms with van der Waals surface area (Å²) in [6.07, 6.45) is 1.76. The number of nitrogens with zero attached hydrogens (tertiary/aromatic N) is 4. The van der Waals surface area contributed by atoms with E-state index < -0.39 is 0 Å². The van der Waals surface area contributed by atoms with Gasteiger partial charge < -0.3 is 24.3 Å². The maximum atomic E-state index is 12.0. The zero-order valence-electron chi connectivity index (χ0n) is 21.4. The molecule has 2 aromatic carbocycles. The van der Waals surface area contributed by atoms with E-state index in [1.807, 2.05) is 65.8 Å². The number of nitro groups is 1. The molecule has 1 aliphatic rings. The predicted octanol–water partition coefficient (Wildman–Crippen LogP) is 5.59. The fraction of sp³-hybridized carbons (Fsp3) is 0.214. The van der Waals surface area contributed by atoms with Gasteiger partial charge in [0, 0.05) is 17.6 Å². The third-order valence-electron chi connectivity index (χ3n) is 6.85. The van der Waals surface area contributed by atoms with Gasteiger partial charge in [-0.1, -0.05) is 18.2 Å². The van der Waals surface area contributed by atoms with E-state index in [0.29, 0.717) is 22.3 Å². The van der Waals surface area contributed by atoms with Crippen LogP contribution in [0.25, 0.3) is 5.69 Å². The Labute approximate surface area is 225 Å². The Morgan fingerprint density at radius 2 is 1.76 bits per heavy atom. The number of ether oxygens (including phenoxy) is 2. The van der Waals surface area contributed by atoms with Crippen molar-refractivity contribution in [1.29, 1.82) is 0 Å². The van der Waals surface area contributed by atoms with E-state index in [2.05, 4.69) is 16.4 Å². The van der Waals surface area contributed by atoms with Crippen LogP contribution in [0.4, 0.5) is 11.4 Å². The van der Waals surface area contributed by atoms with Crippen molar-refractivity contribution < 1.29 is 14.4 Å². The van der Waals surface area contributed by atoms with Crippen LogP contribution in [-0.2, 0) is 0 Å². The molecule has 5 rings (SSSR count). The van der Waals surface area contributed by atoms with Gasteiger partial charge in [0.15, 0.2) is 5.11 Å². The molecule has 0 unspecified atom stereocenters. The average Bonchev–Trinajstić information content (AvgIpc) is 3.43.